The van der Waals surface area contributed by atoms with Crippen LogP contribution in [-0.4, -0.2) is 29.4 Å². The Hall–Kier alpha value is -4.70. The van der Waals surface area contributed by atoms with Crippen LogP contribution in [0.5, 0.6) is 11.5 Å². The molecule has 0 bridgehead atoms. The lowest BCUT2D eigenvalue weighted by molar-refractivity contribution is -0.384. The zero-order valence-electron chi connectivity index (χ0n) is 20.4. The second-order valence-corrected chi connectivity index (χ2v) is 8.68. The molecule has 0 radical (unpaired) electrons. The summed E-state index contributed by atoms with van der Waals surface area (Å²) in [5.41, 5.74) is 1.82. The van der Waals surface area contributed by atoms with Crippen LogP contribution in [0.4, 0.5) is 16.2 Å². The van der Waals surface area contributed by atoms with Gasteiger partial charge in [-0.1, -0.05) is 41.4 Å². The molecule has 0 atom stereocenters. The topological polar surface area (TPSA) is 128 Å². The van der Waals surface area contributed by atoms with E-state index in [1.54, 1.807) is 49.4 Å². The zero-order valence-corrected chi connectivity index (χ0v) is 21.2. The molecule has 1 N–H and O–H groups in total. The summed E-state index contributed by atoms with van der Waals surface area (Å²) in [7, 11) is 0. The summed E-state index contributed by atoms with van der Waals surface area (Å²) in [6, 6.07) is 14.9. The van der Waals surface area contributed by atoms with Crippen molar-refractivity contribution in [3.63, 3.8) is 0 Å². The molecule has 0 unspecified atom stereocenters. The highest BCUT2D eigenvalue weighted by atomic mass is 35.5. The van der Waals surface area contributed by atoms with E-state index in [0.29, 0.717) is 16.8 Å². The molecule has 1 heterocycles. The number of imide groups is 2. The van der Waals surface area contributed by atoms with Gasteiger partial charge >= 0.3 is 6.03 Å². The fourth-order valence-corrected chi connectivity index (χ4v) is 4.02. The maximum Gasteiger partial charge on any atom is 0.335 e. The number of carbonyl (C=O) groups excluding carboxylic acids is 3. The number of nitrogens with zero attached hydrogens (tertiary/aromatic N) is 2. The van der Waals surface area contributed by atoms with Crippen LogP contribution in [-0.2, 0) is 16.2 Å². The Labute approximate surface area is 222 Å². The minimum Gasteiger partial charge on any atom is -0.490 e. The highest BCUT2D eigenvalue weighted by Crippen LogP contribution is 2.38. The van der Waals surface area contributed by atoms with Crippen LogP contribution >= 0.6 is 11.6 Å². The molecule has 1 aliphatic heterocycles. The number of nitrogens with one attached hydrogen (secondary N) is 1. The van der Waals surface area contributed by atoms with Gasteiger partial charge in [-0.2, -0.15) is 0 Å². The molecule has 3 aromatic rings. The molecule has 0 aliphatic carbocycles. The Balaban J connectivity index is 1.64. The second-order valence-electron chi connectivity index (χ2n) is 8.27. The number of non-ortho nitro benzene ring substituents is 1. The first-order valence-electron chi connectivity index (χ1n) is 11.5. The first kappa shape index (κ1) is 26.4. The number of amides is 4. The molecule has 1 saturated heterocycles. The molecule has 3 aromatic carbocycles. The molecule has 1 aliphatic rings. The highest BCUT2D eigenvalue weighted by Gasteiger charge is 2.36. The van der Waals surface area contributed by atoms with E-state index in [0.717, 1.165) is 10.5 Å². The predicted molar refractivity (Wildman–Crippen MR) is 140 cm³/mol. The molecular formula is C27H22ClN3O7. The van der Waals surface area contributed by atoms with E-state index < -0.39 is 22.8 Å². The van der Waals surface area contributed by atoms with E-state index in [9.17, 15) is 24.5 Å². The molecule has 0 aromatic heterocycles. The van der Waals surface area contributed by atoms with Crippen molar-refractivity contribution in [3.8, 4) is 11.5 Å². The first-order chi connectivity index (χ1) is 18.2. The number of anilines is 1. The molecule has 4 rings (SSSR count). The summed E-state index contributed by atoms with van der Waals surface area (Å²) >= 11 is 6.48. The van der Waals surface area contributed by atoms with Gasteiger partial charge in [-0.15, -0.1) is 0 Å². The van der Waals surface area contributed by atoms with Crippen LogP contribution in [0.3, 0.4) is 0 Å². The van der Waals surface area contributed by atoms with Crippen molar-refractivity contribution in [3.05, 3.63) is 98.1 Å². The lowest BCUT2D eigenvalue weighted by Crippen LogP contribution is -2.54. The fraction of sp³-hybridized carbons (Fsp3) is 0.148. The van der Waals surface area contributed by atoms with E-state index in [4.69, 9.17) is 21.1 Å². The van der Waals surface area contributed by atoms with Gasteiger partial charge in [0.05, 0.1) is 22.2 Å². The van der Waals surface area contributed by atoms with Gasteiger partial charge in [0.1, 0.15) is 12.2 Å². The number of hydrogen-bond acceptors (Lipinski definition) is 7. The van der Waals surface area contributed by atoms with Crippen LogP contribution < -0.4 is 19.7 Å². The Morgan fingerprint density at radius 1 is 1.05 bits per heavy atom. The van der Waals surface area contributed by atoms with Crippen molar-refractivity contribution in [2.45, 2.75) is 20.5 Å². The summed E-state index contributed by atoms with van der Waals surface area (Å²) in [5, 5.41) is 13.4. The Kier molecular flexibility index (Phi) is 7.73. The Morgan fingerprint density at radius 2 is 1.79 bits per heavy atom. The number of aryl methyl sites for hydroxylation is 1. The Bertz CT molecular complexity index is 1470. The third-order valence-corrected chi connectivity index (χ3v) is 5.82. The molecule has 194 valence electrons. The number of halogens is 1. The van der Waals surface area contributed by atoms with Crippen LogP contribution in [0.25, 0.3) is 6.08 Å². The van der Waals surface area contributed by atoms with E-state index >= 15 is 0 Å². The molecule has 0 spiro atoms. The van der Waals surface area contributed by atoms with Crippen LogP contribution in [0.15, 0.2) is 66.2 Å². The van der Waals surface area contributed by atoms with E-state index in [1.807, 2.05) is 6.92 Å². The van der Waals surface area contributed by atoms with E-state index in [-0.39, 0.29) is 41.0 Å². The first-order valence-corrected chi connectivity index (χ1v) is 11.9. The monoisotopic (exact) mass is 535 g/mol. The van der Waals surface area contributed by atoms with Crippen molar-refractivity contribution < 1.29 is 28.8 Å². The van der Waals surface area contributed by atoms with Gasteiger partial charge in [0, 0.05) is 12.1 Å². The summed E-state index contributed by atoms with van der Waals surface area (Å²) in [6.45, 7) is 3.87. The van der Waals surface area contributed by atoms with Crippen molar-refractivity contribution >= 4 is 46.9 Å². The van der Waals surface area contributed by atoms with Crippen LogP contribution in [0.1, 0.15) is 23.6 Å². The largest absolute Gasteiger partial charge is 0.490 e. The smallest absolute Gasteiger partial charge is 0.335 e. The third-order valence-electron chi connectivity index (χ3n) is 5.54. The van der Waals surface area contributed by atoms with Gasteiger partial charge < -0.3 is 9.47 Å². The molecule has 1 fully saturated rings. The zero-order chi connectivity index (χ0) is 27.4. The predicted octanol–water partition coefficient (Wildman–Crippen LogP) is 5.20. The molecule has 4 amide bonds. The quantitative estimate of drug-likeness (QED) is 0.182. The van der Waals surface area contributed by atoms with Gasteiger partial charge in [0.25, 0.3) is 17.5 Å². The average molecular weight is 536 g/mol. The van der Waals surface area contributed by atoms with Crippen LogP contribution in [0.2, 0.25) is 5.02 Å². The second kappa shape index (κ2) is 11.1. The third kappa shape index (κ3) is 5.65. The molecule has 11 heteroatoms. The van der Waals surface area contributed by atoms with Crippen LogP contribution in [0, 0.1) is 17.0 Å². The minimum absolute atomic E-state index is 0.0174. The van der Waals surface area contributed by atoms with Gasteiger partial charge in [-0.3, -0.25) is 25.0 Å². The van der Waals surface area contributed by atoms with Crippen molar-refractivity contribution in [2.24, 2.45) is 0 Å². The lowest BCUT2D eigenvalue weighted by Gasteiger charge is -2.26. The normalized spacial score (nSPS) is 14.4. The molecule has 0 saturated carbocycles. The number of ether oxygens (including phenoxy) is 2. The number of nitro benzene ring substituents is 1. The summed E-state index contributed by atoms with van der Waals surface area (Å²) in [5.74, 6) is -1.20. The number of urea groups is 1. The Morgan fingerprint density at radius 3 is 2.47 bits per heavy atom. The van der Waals surface area contributed by atoms with E-state index in [2.05, 4.69) is 5.32 Å². The maximum absolute atomic E-state index is 13.2. The summed E-state index contributed by atoms with van der Waals surface area (Å²) in [4.78, 5) is 49.6. The number of nitro groups is 1. The van der Waals surface area contributed by atoms with Gasteiger partial charge in [0.15, 0.2) is 11.5 Å². The van der Waals surface area contributed by atoms with Crippen molar-refractivity contribution in [2.75, 3.05) is 11.5 Å². The number of rotatable bonds is 8. The minimum atomic E-state index is -0.848. The lowest BCUT2D eigenvalue weighted by atomic mass is 10.1. The molecule has 38 heavy (non-hydrogen) atoms. The SMILES string of the molecule is CCOc1cc(/C=C2\C(=O)NC(=O)N(c3ccc(C)cc3)C2=O)cc(Cl)c1OCc1cccc([N+](=O)[O-])c1. The summed E-state index contributed by atoms with van der Waals surface area (Å²) in [6.07, 6.45) is 1.31. The number of hydrogen-bond donors (Lipinski definition) is 1. The maximum atomic E-state index is 13.2. The van der Waals surface area contributed by atoms with Gasteiger partial charge in [0.2, 0.25) is 0 Å². The van der Waals surface area contributed by atoms with Crippen molar-refractivity contribution in [1.29, 1.82) is 0 Å². The molecule has 10 nitrogen and oxygen atoms in total. The van der Waals surface area contributed by atoms with Gasteiger partial charge in [-0.05, 0) is 55.3 Å². The average Bonchev–Trinajstić information content (AvgIpc) is 2.87. The van der Waals surface area contributed by atoms with Gasteiger partial charge in [-0.25, -0.2) is 9.69 Å². The number of barbiturate groups is 1. The summed E-state index contributed by atoms with van der Waals surface area (Å²) < 4.78 is 11.5. The standard InChI is InChI=1S/C27H22ClN3O7/c1-3-37-23-14-18(13-22(28)24(23)38-15-17-5-4-6-20(11-17)31(35)36)12-21-25(32)29-27(34)30(26(21)33)19-9-7-16(2)8-10-19/h4-14H,3,15H2,1-2H3,(H,29,32,34)/b21-12+. The molecular weight excluding hydrogens is 514 g/mol. The van der Waals surface area contributed by atoms with Crippen molar-refractivity contribution in [1.82, 2.24) is 5.32 Å². The number of carbonyl (C=O) groups is 3. The van der Waals surface area contributed by atoms with E-state index in [1.165, 1.54) is 24.3 Å². The number of benzene rings is 3. The fourth-order valence-electron chi connectivity index (χ4n) is 3.74. The highest BCUT2D eigenvalue weighted by molar-refractivity contribution is 6.39.